The molecular weight excluding hydrogens is 332 g/mol. The lowest BCUT2D eigenvalue weighted by molar-refractivity contribution is -0.150. The van der Waals surface area contributed by atoms with Crippen molar-refractivity contribution in [3.63, 3.8) is 0 Å². The molecule has 1 amide bonds. The summed E-state index contributed by atoms with van der Waals surface area (Å²) in [5, 5.41) is 12.3. The molecule has 0 aromatic heterocycles. The summed E-state index contributed by atoms with van der Waals surface area (Å²) in [7, 11) is 0. The number of aryl methyl sites for hydroxylation is 1. The second kappa shape index (κ2) is 8.55. The molecule has 130 valence electrons. The van der Waals surface area contributed by atoms with Crippen molar-refractivity contribution in [1.82, 2.24) is 5.32 Å². The van der Waals surface area contributed by atoms with Gasteiger partial charge in [-0.25, -0.2) is 4.79 Å². The lowest BCUT2D eigenvalue weighted by Crippen LogP contribution is -2.50. The van der Waals surface area contributed by atoms with Crippen LogP contribution in [0.15, 0.2) is 18.2 Å². The minimum atomic E-state index is -1.01. The van der Waals surface area contributed by atoms with Gasteiger partial charge in [-0.15, -0.1) is 0 Å². The fourth-order valence-corrected chi connectivity index (χ4v) is 1.78. The van der Waals surface area contributed by atoms with Gasteiger partial charge in [-0.3, -0.25) is 4.79 Å². The van der Waals surface area contributed by atoms with Crippen molar-refractivity contribution in [2.75, 3.05) is 13.2 Å². The molecule has 1 rings (SSSR count). The minimum absolute atomic E-state index is 0.0846. The summed E-state index contributed by atoms with van der Waals surface area (Å²) < 4.78 is 10.1. The number of nitrogens with zero attached hydrogens (tertiary/aromatic N) is 1. The van der Waals surface area contributed by atoms with Crippen molar-refractivity contribution in [3.05, 3.63) is 28.8 Å². The quantitative estimate of drug-likeness (QED) is 0.762. The van der Waals surface area contributed by atoms with Gasteiger partial charge < -0.3 is 14.8 Å². The van der Waals surface area contributed by atoms with Gasteiger partial charge in [0.15, 0.2) is 13.2 Å². The Morgan fingerprint density at radius 1 is 1.38 bits per heavy atom. The van der Waals surface area contributed by atoms with Gasteiger partial charge in [0.25, 0.3) is 5.91 Å². The largest absolute Gasteiger partial charge is 0.482 e. The van der Waals surface area contributed by atoms with Gasteiger partial charge in [0, 0.05) is 5.02 Å². The normalized spacial score (nSPS) is 12.9. The molecule has 0 radical (unpaired) electrons. The van der Waals surface area contributed by atoms with E-state index >= 15 is 0 Å². The molecule has 6 nitrogen and oxygen atoms in total. The lowest BCUT2D eigenvalue weighted by Gasteiger charge is -2.27. The first-order chi connectivity index (χ1) is 11.2. The van der Waals surface area contributed by atoms with Gasteiger partial charge in [0.2, 0.25) is 0 Å². The summed E-state index contributed by atoms with van der Waals surface area (Å²) in [5.74, 6) is -0.821. The number of halogens is 1. The number of amides is 1. The molecular formula is C17H21ClN2O4. The number of nitrogens with one attached hydrogen (secondary N) is 1. The third-order valence-electron chi connectivity index (χ3n) is 3.64. The first-order valence-corrected chi connectivity index (χ1v) is 7.82. The molecule has 1 atom stereocenters. The van der Waals surface area contributed by atoms with Gasteiger partial charge in [0.1, 0.15) is 11.3 Å². The van der Waals surface area contributed by atoms with Crippen LogP contribution in [0.1, 0.15) is 26.3 Å². The van der Waals surface area contributed by atoms with Crippen molar-refractivity contribution >= 4 is 23.5 Å². The van der Waals surface area contributed by atoms with Crippen molar-refractivity contribution in [1.29, 1.82) is 5.26 Å². The number of nitriles is 1. The molecule has 0 saturated heterocycles. The third-order valence-corrected chi connectivity index (χ3v) is 4.06. The molecule has 0 unspecified atom stereocenters. The van der Waals surface area contributed by atoms with Crippen molar-refractivity contribution in [2.24, 2.45) is 5.92 Å². The highest BCUT2D eigenvalue weighted by atomic mass is 35.5. The topological polar surface area (TPSA) is 88.4 Å². The molecule has 1 aromatic rings. The lowest BCUT2D eigenvalue weighted by atomic mass is 9.90. The number of rotatable bonds is 7. The van der Waals surface area contributed by atoms with Crippen LogP contribution in [0, 0.1) is 24.2 Å². The number of hydrogen-bond donors (Lipinski definition) is 1. The molecule has 0 aliphatic rings. The van der Waals surface area contributed by atoms with Crippen LogP contribution < -0.4 is 10.1 Å². The number of hydrogen-bond acceptors (Lipinski definition) is 5. The summed E-state index contributed by atoms with van der Waals surface area (Å²) in [5.41, 5.74) is -0.188. The summed E-state index contributed by atoms with van der Waals surface area (Å²) >= 11 is 5.90. The zero-order valence-electron chi connectivity index (χ0n) is 14.2. The van der Waals surface area contributed by atoms with Gasteiger partial charge in [-0.05, 0) is 43.5 Å². The van der Waals surface area contributed by atoms with Gasteiger partial charge in [-0.1, -0.05) is 25.4 Å². The Hall–Kier alpha value is -2.26. The Morgan fingerprint density at radius 3 is 2.58 bits per heavy atom. The number of ether oxygens (including phenoxy) is 2. The van der Waals surface area contributed by atoms with Crippen LogP contribution in [-0.2, 0) is 14.3 Å². The Morgan fingerprint density at radius 2 is 2.04 bits per heavy atom. The maximum absolute atomic E-state index is 11.8. The third kappa shape index (κ3) is 5.74. The van der Waals surface area contributed by atoms with Crippen LogP contribution in [0.25, 0.3) is 0 Å². The van der Waals surface area contributed by atoms with E-state index in [2.05, 4.69) is 5.32 Å². The van der Waals surface area contributed by atoms with E-state index in [9.17, 15) is 9.59 Å². The zero-order chi connectivity index (χ0) is 18.3. The maximum atomic E-state index is 11.8. The Labute approximate surface area is 146 Å². The molecule has 7 heteroatoms. The van der Waals surface area contributed by atoms with Crippen LogP contribution in [0.2, 0.25) is 5.02 Å². The molecule has 24 heavy (non-hydrogen) atoms. The number of carbonyl (C=O) groups is 2. The predicted octanol–water partition coefficient (Wildman–Crippen LogP) is 2.62. The number of carbonyl (C=O) groups excluding carboxylic acids is 2. The van der Waals surface area contributed by atoms with Crippen LogP contribution in [0.5, 0.6) is 5.75 Å². The maximum Gasteiger partial charge on any atom is 0.344 e. The molecule has 1 aromatic carbocycles. The van der Waals surface area contributed by atoms with Gasteiger partial charge in [-0.2, -0.15) is 5.26 Å². The van der Waals surface area contributed by atoms with Crippen molar-refractivity contribution in [3.8, 4) is 11.8 Å². The summed E-state index contributed by atoms with van der Waals surface area (Å²) in [6.45, 7) is 6.27. The van der Waals surface area contributed by atoms with E-state index in [0.29, 0.717) is 10.8 Å². The van der Waals surface area contributed by atoms with Crippen LogP contribution >= 0.6 is 11.6 Å². The van der Waals surface area contributed by atoms with Gasteiger partial charge in [0.05, 0.1) is 6.07 Å². The van der Waals surface area contributed by atoms with Crippen molar-refractivity contribution in [2.45, 2.75) is 33.2 Å². The fraction of sp³-hybridized carbons (Fsp3) is 0.471. The summed E-state index contributed by atoms with van der Waals surface area (Å²) in [6, 6.07) is 7.04. The first-order valence-electron chi connectivity index (χ1n) is 7.44. The highest BCUT2D eigenvalue weighted by Crippen LogP contribution is 2.21. The minimum Gasteiger partial charge on any atom is -0.482 e. The smallest absolute Gasteiger partial charge is 0.344 e. The molecule has 0 saturated carbocycles. The van der Waals surface area contributed by atoms with E-state index in [4.69, 9.17) is 26.3 Å². The average molecular weight is 353 g/mol. The fourth-order valence-electron chi connectivity index (χ4n) is 1.66. The van der Waals surface area contributed by atoms with Crippen LogP contribution in [0.4, 0.5) is 0 Å². The molecule has 0 aliphatic heterocycles. The predicted molar refractivity (Wildman–Crippen MR) is 89.6 cm³/mol. The molecule has 1 N–H and O–H groups in total. The van der Waals surface area contributed by atoms with E-state index in [-0.39, 0.29) is 12.5 Å². The van der Waals surface area contributed by atoms with E-state index in [1.807, 2.05) is 26.8 Å². The van der Waals surface area contributed by atoms with E-state index < -0.39 is 24.0 Å². The number of benzene rings is 1. The zero-order valence-corrected chi connectivity index (χ0v) is 14.9. The molecule has 0 heterocycles. The molecule has 0 fully saturated rings. The standard InChI is InChI=1S/C17H21ClN2O4/c1-11(2)17(4,10-19)20-15(21)8-24-16(22)9-23-13-5-6-14(18)12(3)7-13/h5-7,11H,8-9H2,1-4H3,(H,20,21)/t17-/m0/s1. The SMILES string of the molecule is Cc1cc(OCC(=O)OCC(=O)N[C@@](C)(C#N)C(C)C)ccc1Cl. The first kappa shape index (κ1) is 19.8. The van der Waals surface area contributed by atoms with E-state index in [1.54, 1.807) is 25.1 Å². The molecule has 0 aliphatic carbocycles. The van der Waals surface area contributed by atoms with E-state index in [1.165, 1.54) is 0 Å². The highest BCUT2D eigenvalue weighted by molar-refractivity contribution is 6.31. The molecule has 0 bridgehead atoms. The van der Waals surface area contributed by atoms with Crippen LogP contribution in [0.3, 0.4) is 0 Å². The van der Waals surface area contributed by atoms with E-state index in [0.717, 1.165) is 5.56 Å². The van der Waals surface area contributed by atoms with Crippen LogP contribution in [-0.4, -0.2) is 30.6 Å². The summed E-state index contributed by atoms with van der Waals surface area (Å²) in [6.07, 6.45) is 0. The highest BCUT2D eigenvalue weighted by Gasteiger charge is 2.30. The van der Waals surface area contributed by atoms with Gasteiger partial charge >= 0.3 is 5.97 Å². The summed E-state index contributed by atoms with van der Waals surface area (Å²) in [4.78, 5) is 23.4. The molecule has 0 spiro atoms. The Kier molecular flexibility index (Phi) is 7.05. The van der Waals surface area contributed by atoms with Crippen molar-refractivity contribution < 1.29 is 19.1 Å². The second-order valence-electron chi connectivity index (χ2n) is 5.88. The monoisotopic (exact) mass is 352 g/mol. The Balaban J connectivity index is 2.42. The number of esters is 1. The second-order valence-corrected chi connectivity index (χ2v) is 6.28. The average Bonchev–Trinajstić information content (AvgIpc) is 2.53. The Bertz CT molecular complexity index is 654.